The maximum absolute atomic E-state index is 9.53. The van der Waals surface area contributed by atoms with E-state index in [-0.39, 0.29) is 5.92 Å². The van der Waals surface area contributed by atoms with Gasteiger partial charge in [-0.1, -0.05) is 30.3 Å². The van der Waals surface area contributed by atoms with Crippen LogP contribution in [0.2, 0.25) is 0 Å². The molecule has 1 atom stereocenters. The molecule has 0 N–H and O–H groups in total. The van der Waals surface area contributed by atoms with Crippen molar-refractivity contribution in [2.45, 2.75) is 32.2 Å². The second-order valence-electron chi connectivity index (χ2n) is 8.13. The molecule has 0 unspecified atom stereocenters. The van der Waals surface area contributed by atoms with Crippen LogP contribution in [0.5, 0.6) is 5.75 Å². The number of aryl methyl sites for hydroxylation is 2. The molecule has 0 spiro atoms. The van der Waals surface area contributed by atoms with Crippen LogP contribution < -0.4 is 4.74 Å². The first-order chi connectivity index (χ1) is 16.2. The van der Waals surface area contributed by atoms with Crippen LogP contribution in [0.15, 0.2) is 55.0 Å². The van der Waals surface area contributed by atoms with Gasteiger partial charge in [-0.15, -0.1) is 0 Å². The number of ether oxygens (including phenoxy) is 1. The zero-order valence-electron chi connectivity index (χ0n) is 18.6. The largest absolute Gasteiger partial charge is 0.495 e. The molecule has 0 aliphatic carbocycles. The fourth-order valence-corrected chi connectivity index (χ4v) is 4.37. The minimum Gasteiger partial charge on any atom is -0.495 e. The number of rotatable bonds is 5. The molecule has 33 heavy (non-hydrogen) atoms. The Kier molecular flexibility index (Phi) is 5.49. The van der Waals surface area contributed by atoms with Gasteiger partial charge in [0.15, 0.2) is 5.82 Å². The second kappa shape index (κ2) is 8.75. The van der Waals surface area contributed by atoms with Crippen molar-refractivity contribution in [1.82, 2.24) is 24.3 Å². The first-order valence-electron chi connectivity index (χ1n) is 11.0. The maximum atomic E-state index is 9.53. The van der Waals surface area contributed by atoms with Crippen LogP contribution in [0.4, 0.5) is 0 Å². The van der Waals surface area contributed by atoms with Gasteiger partial charge in [0.1, 0.15) is 11.6 Å². The zero-order chi connectivity index (χ0) is 22.8. The lowest BCUT2D eigenvalue weighted by molar-refractivity contribution is 0.413. The molecule has 0 radical (unpaired) electrons. The Morgan fingerprint density at radius 3 is 2.85 bits per heavy atom. The molecule has 4 aromatic rings. The summed E-state index contributed by atoms with van der Waals surface area (Å²) in [6, 6.07) is 16.1. The third-order valence-corrected chi connectivity index (χ3v) is 5.97. The quantitative estimate of drug-likeness (QED) is 0.451. The summed E-state index contributed by atoms with van der Waals surface area (Å²) in [4.78, 5) is 9.12. The minimum atomic E-state index is 0.0854. The highest BCUT2D eigenvalue weighted by Gasteiger charge is 2.27. The van der Waals surface area contributed by atoms with E-state index < -0.39 is 0 Å². The lowest BCUT2D eigenvalue weighted by atomic mass is 9.88. The Hall–Kier alpha value is -4.18. The number of fused-ring (bicyclic) bond motifs is 1. The Morgan fingerprint density at radius 2 is 2.06 bits per heavy atom. The van der Waals surface area contributed by atoms with Gasteiger partial charge in [-0.25, -0.2) is 14.6 Å². The fraction of sp³-hybridized carbons (Fsp3) is 0.231. The van der Waals surface area contributed by atoms with Crippen LogP contribution in [-0.2, 0) is 6.54 Å². The summed E-state index contributed by atoms with van der Waals surface area (Å²) >= 11 is 0. The van der Waals surface area contributed by atoms with Gasteiger partial charge in [0.25, 0.3) is 0 Å². The molecule has 7 heteroatoms. The summed E-state index contributed by atoms with van der Waals surface area (Å²) in [5.74, 6) is 2.44. The number of methoxy groups -OCH3 is 1. The normalized spacial score (nSPS) is 15.4. The maximum Gasteiger partial charge on any atom is 0.174 e. The number of nitriles is 1. The molecule has 0 amide bonds. The van der Waals surface area contributed by atoms with Crippen LogP contribution in [-0.4, -0.2) is 31.4 Å². The Labute approximate surface area is 192 Å². The van der Waals surface area contributed by atoms with Crippen LogP contribution in [0.25, 0.3) is 17.8 Å². The first-order valence-corrected chi connectivity index (χ1v) is 11.0. The van der Waals surface area contributed by atoms with Crippen molar-refractivity contribution >= 4 is 12.2 Å². The van der Waals surface area contributed by atoms with Crippen molar-refractivity contribution in [3.05, 3.63) is 89.0 Å². The van der Waals surface area contributed by atoms with E-state index >= 15 is 0 Å². The van der Waals surface area contributed by atoms with Gasteiger partial charge in [0, 0.05) is 18.7 Å². The number of nitrogens with zero attached hydrogens (tertiary/aromatic N) is 6. The highest BCUT2D eigenvalue weighted by molar-refractivity contribution is 5.69. The predicted octanol–water partition coefficient (Wildman–Crippen LogP) is 4.75. The molecule has 1 aliphatic heterocycles. The van der Waals surface area contributed by atoms with Gasteiger partial charge in [-0.05, 0) is 55.2 Å². The van der Waals surface area contributed by atoms with Gasteiger partial charge < -0.3 is 9.30 Å². The average Bonchev–Trinajstić information content (AvgIpc) is 3.48. The van der Waals surface area contributed by atoms with E-state index in [0.717, 1.165) is 53.5 Å². The molecular formula is C26H24N6O. The summed E-state index contributed by atoms with van der Waals surface area (Å²) in [6.45, 7) is 2.80. The number of benzene rings is 2. The summed E-state index contributed by atoms with van der Waals surface area (Å²) in [5, 5.41) is 14.2. The van der Waals surface area contributed by atoms with Crippen molar-refractivity contribution in [2.24, 2.45) is 0 Å². The van der Waals surface area contributed by atoms with Gasteiger partial charge in [-0.3, -0.25) is 0 Å². The summed E-state index contributed by atoms with van der Waals surface area (Å²) in [7, 11) is 1.67. The Balaban J connectivity index is 1.42. The molecule has 5 rings (SSSR count). The van der Waals surface area contributed by atoms with E-state index in [9.17, 15) is 5.26 Å². The van der Waals surface area contributed by atoms with E-state index in [2.05, 4.69) is 11.1 Å². The van der Waals surface area contributed by atoms with Gasteiger partial charge in [-0.2, -0.15) is 10.4 Å². The van der Waals surface area contributed by atoms with Crippen LogP contribution >= 0.6 is 0 Å². The molecule has 0 fully saturated rings. The van der Waals surface area contributed by atoms with Crippen molar-refractivity contribution in [2.75, 3.05) is 7.11 Å². The van der Waals surface area contributed by atoms with E-state index in [1.807, 2.05) is 77.0 Å². The number of hydrogen-bond acceptors (Lipinski definition) is 5. The standard InChI is InChI=1S/C26H24N6O/c1-18-16-31(17-28-18)23-11-9-19(14-24(23)33-2)10-12-25-29-26-22(8-5-13-32(26)30-25)21-7-4-3-6-20(21)15-27/h3-4,6-7,9-12,14,16-17,22H,5,8,13H2,1-2H3/t22-/m1/s1. The molecule has 0 saturated carbocycles. The Morgan fingerprint density at radius 1 is 1.18 bits per heavy atom. The van der Waals surface area contributed by atoms with Gasteiger partial charge >= 0.3 is 0 Å². The Bertz CT molecular complexity index is 1370. The highest BCUT2D eigenvalue weighted by Crippen LogP contribution is 2.34. The van der Waals surface area contributed by atoms with E-state index in [1.54, 1.807) is 13.4 Å². The number of aromatic nitrogens is 5. The SMILES string of the molecule is COc1cc(C=Cc2nc3n(n2)CCC[C@@H]3c2ccccc2C#N)ccc1-n1cnc(C)c1. The molecule has 3 heterocycles. The topological polar surface area (TPSA) is 81.5 Å². The molecule has 1 aliphatic rings. The molecular weight excluding hydrogens is 412 g/mol. The van der Waals surface area contributed by atoms with Crippen molar-refractivity contribution in [3.8, 4) is 17.5 Å². The van der Waals surface area contributed by atoms with Gasteiger partial charge in [0.2, 0.25) is 0 Å². The lowest BCUT2D eigenvalue weighted by Gasteiger charge is -2.23. The summed E-state index contributed by atoms with van der Waals surface area (Å²) in [5.41, 5.74) is 4.61. The first kappa shape index (κ1) is 20.7. The fourth-order valence-electron chi connectivity index (χ4n) is 4.37. The smallest absolute Gasteiger partial charge is 0.174 e. The van der Waals surface area contributed by atoms with Crippen molar-refractivity contribution in [3.63, 3.8) is 0 Å². The average molecular weight is 437 g/mol. The van der Waals surface area contributed by atoms with Crippen LogP contribution in [0.1, 0.15) is 52.8 Å². The van der Waals surface area contributed by atoms with E-state index in [4.69, 9.17) is 14.8 Å². The molecule has 0 saturated heterocycles. The molecule has 0 bridgehead atoms. The second-order valence-corrected chi connectivity index (χ2v) is 8.13. The summed E-state index contributed by atoms with van der Waals surface area (Å²) < 4.78 is 9.54. The highest BCUT2D eigenvalue weighted by atomic mass is 16.5. The number of imidazole rings is 1. The third-order valence-electron chi connectivity index (χ3n) is 5.97. The molecule has 2 aromatic heterocycles. The predicted molar refractivity (Wildman–Crippen MR) is 126 cm³/mol. The van der Waals surface area contributed by atoms with Gasteiger partial charge in [0.05, 0.1) is 36.5 Å². The lowest BCUT2D eigenvalue weighted by Crippen LogP contribution is -2.18. The zero-order valence-corrected chi connectivity index (χ0v) is 18.6. The van der Waals surface area contributed by atoms with E-state index in [1.165, 1.54) is 0 Å². The molecule has 164 valence electrons. The minimum absolute atomic E-state index is 0.0854. The van der Waals surface area contributed by atoms with Crippen molar-refractivity contribution in [1.29, 1.82) is 5.26 Å². The summed E-state index contributed by atoms with van der Waals surface area (Å²) in [6.07, 6.45) is 9.64. The van der Waals surface area contributed by atoms with Crippen LogP contribution in [0.3, 0.4) is 0 Å². The molecule has 7 nitrogen and oxygen atoms in total. The van der Waals surface area contributed by atoms with E-state index in [0.29, 0.717) is 11.4 Å². The third kappa shape index (κ3) is 4.03. The van der Waals surface area contributed by atoms with Crippen LogP contribution in [0, 0.1) is 18.3 Å². The number of hydrogen-bond donors (Lipinski definition) is 0. The molecule has 2 aromatic carbocycles. The monoisotopic (exact) mass is 436 g/mol. The van der Waals surface area contributed by atoms with Crippen molar-refractivity contribution < 1.29 is 4.74 Å².